The van der Waals surface area contributed by atoms with Crippen LogP contribution in [0.15, 0.2) is 59.4 Å². The van der Waals surface area contributed by atoms with Gasteiger partial charge in [0.1, 0.15) is 11.6 Å². The van der Waals surface area contributed by atoms with Crippen LogP contribution in [0.2, 0.25) is 0 Å². The predicted octanol–water partition coefficient (Wildman–Crippen LogP) is 5.03. The molecule has 1 aliphatic rings. The number of nitrogens with zero attached hydrogens (tertiary/aromatic N) is 2. The number of aromatic nitrogens is 2. The molecule has 1 aromatic heterocycles. The average molecular weight is 621 g/mol. The summed E-state index contributed by atoms with van der Waals surface area (Å²) in [7, 11) is 0. The van der Waals surface area contributed by atoms with Gasteiger partial charge in [-0.05, 0) is 42.6 Å². The van der Waals surface area contributed by atoms with Crippen molar-refractivity contribution < 1.29 is 50.5 Å². The van der Waals surface area contributed by atoms with Crippen molar-refractivity contribution in [2.75, 3.05) is 6.54 Å². The van der Waals surface area contributed by atoms with Crippen molar-refractivity contribution >= 4 is 11.9 Å². The first kappa shape index (κ1) is 34.9. The number of alkyl halides is 6. The summed E-state index contributed by atoms with van der Waals surface area (Å²) < 4.78 is 76.8. The van der Waals surface area contributed by atoms with E-state index in [0.29, 0.717) is 17.6 Å². The van der Waals surface area contributed by atoms with Gasteiger partial charge >= 0.3 is 24.3 Å². The van der Waals surface area contributed by atoms with Gasteiger partial charge in [-0.3, -0.25) is 9.69 Å². The Morgan fingerprint density at radius 3 is 1.95 bits per heavy atom. The maximum Gasteiger partial charge on any atom is 0.490 e. The summed E-state index contributed by atoms with van der Waals surface area (Å²) in [5.74, 6) is -5.18. The molecule has 1 unspecified atom stereocenters. The minimum Gasteiger partial charge on any atom is -0.475 e. The zero-order valence-corrected chi connectivity index (χ0v) is 22.3. The van der Waals surface area contributed by atoms with Crippen LogP contribution in [0.1, 0.15) is 42.1 Å². The lowest BCUT2D eigenvalue weighted by atomic mass is 9.94. The maximum absolute atomic E-state index is 13.3. The largest absolute Gasteiger partial charge is 0.490 e. The molecule has 0 spiro atoms. The van der Waals surface area contributed by atoms with Crippen LogP contribution in [0.25, 0.3) is 11.4 Å². The summed E-state index contributed by atoms with van der Waals surface area (Å²) in [6, 6.07) is 16.7. The lowest BCUT2D eigenvalue weighted by Gasteiger charge is -2.36. The van der Waals surface area contributed by atoms with Crippen LogP contribution < -0.4 is 11.3 Å². The third kappa shape index (κ3) is 11.5. The van der Waals surface area contributed by atoms with Gasteiger partial charge in [-0.25, -0.2) is 19.0 Å². The molecule has 0 saturated carbocycles. The zero-order valence-electron chi connectivity index (χ0n) is 22.3. The number of aliphatic carboxylic acids is 2. The van der Waals surface area contributed by atoms with Crippen LogP contribution in [-0.2, 0) is 22.7 Å². The van der Waals surface area contributed by atoms with E-state index >= 15 is 0 Å². The molecule has 1 saturated heterocycles. The third-order valence-corrected chi connectivity index (χ3v) is 5.97. The summed E-state index contributed by atoms with van der Waals surface area (Å²) in [5.41, 5.74) is 9.22. The Balaban J connectivity index is 0.000000384. The van der Waals surface area contributed by atoms with Crippen molar-refractivity contribution in [3.63, 3.8) is 0 Å². The highest BCUT2D eigenvalue weighted by molar-refractivity contribution is 5.73. The number of carbonyl (C=O) groups is 2. The Labute approximate surface area is 239 Å². The predicted molar refractivity (Wildman–Crippen MR) is 139 cm³/mol. The number of hydrogen-bond donors (Lipinski definition) is 4. The molecule has 1 aliphatic heterocycles. The molecule has 3 aromatic rings. The molecule has 1 atom stereocenters. The molecule has 9 nitrogen and oxygen atoms in total. The van der Waals surface area contributed by atoms with Crippen LogP contribution in [-0.4, -0.2) is 55.9 Å². The molecule has 2 aromatic carbocycles. The molecule has 0 amide bonds. The number of carboxylic acids is 2. The van der Waals surface area contributed by atoms with Crippen LogP contribution in [0, 0.1) is 5.82 Å². The number of halogens is 7. The van der Waals surface area contributed by atoms with Gasteiger partial charge in [-0.1, -0.05) is 42.8 Å². The Morgan fingerprint density at radius 2 is 1.47 bits per heavy atom. The summed E-state index contributed by atoms with van der Waals surface area (Å²) >= 11 is 0. The molecule has 0 radical (unpaired) electrons. The van der Waals surface area contributed by atoms with E-state index in [9.17, 15) is 35.5 Å². The van der Waals surface area contributed by atoms with Gasteiger partial charge in [0.2, 0.25) is 0 Å². The molecule has 5 N–H and O–H groups in total. The molecule has 0 aliphatic carbocycles. The Morgan fingerprint density at radius 1 is 0.930 bits per heavy atom. The quantitative estimate of drug-likeness (QED) is 0.290. The molecule has 16 heteroatoms. The van der Waals surface area contributed by atoms with Crippen LogP contribution in [0.5, 0.6) is 0 Å². The second-order valence-electron chi connectivity index (χ2n) is 9.13. The van der Waals surface area contributed by atoms with E-state index in [0.717, 1.165) is 25.1 Å². The van der Waals surface area contributed by atoms with Gasteiger partial charge in [0, 0.05) is 30.8 Å². The topological polar surface area (TPSA) is 150 Å². The van der Waals surface area contributed by atoms with E-state index in [1.54, 1.807) is 12.1 Å². The molecular weight excluding hydrogens is 593 g/mol. The third-order valence-electron chi connectivity index (χ3n) is 5.97. The number of hydrogen-bond acceptors (Lipinski definition) is 6. The number of likely N-dealkylation sites (tertiary alicyclic amines) is 1. The smallest absolute Gasteiger partial charge is 0.475 e. The molecule has 2 heterocycles. The number of H-pyrrole nitrogens is 1. The van der Waals surface area contributed by atoms with Crippen LogP contribution in [0.3, 0.4) is 0 Å². The lowest BCUT2D eigenvalue weighted by Crippen LogP contribution is -2.32. The van der Waals surface area contributed by atoms with Gasteiger partial charge in [0.25, 0.3) is 5.56 Å². The molecule has 4 rings (SSSR count). The SMILES string of the molecule is NCc1cc(=O)[nH]c(-c2ccc(CN3CCCCC3c3ccc(F)cc3)cc2)n1.O=C(O)C(F)(F)F.O=C(O)C(F)(F)F. The molecule has 0 bridgehead atoms. The van der Waals surface area contributed by atoms with Gasteiger partial charge in [-0.2, -0.15) is 26.3 Å². The van der Waals surface area contributed by atoms with Crippen LogP contribution in [0.4, 0.5) is 30.7 Å². The van der Waals surface area contributed by atoms with Crippen molar-refractivity contribution in [3.8, 4) is 11.4 Å². The van der Waals surface area contributed by atoms with Gasteiger partial charge < -0.3 is 20.9 Å². The van der Waals surface area contributed by atoms with E-state index in [-0.39, 0.29) is 17.9 Å². The van der Waals surface area contributed by atoms with Gasteiger partial charge in [-0.15, -0.1) is 0 Å². The first-order chi connectivity index (χ1) is 20.0. The Bertz CT molecular complexity index is 1390. The molecular formula is C27H27F7N4O5. The van der Waals surface area contributed by atoms with Crippen molar-refractivity contribution in [2.45, 2.75) is 50.7 Å². The number of aromatic amines is 1. The van der Waals surface area contributed by atoms with E-state index in [2.05, 4.69) is 27.0 Å². The minimum absolute atomic E-state index is 0.197. The zero-order chi connectivity index (χ0) is 32.4. The van der Waals surface area contributed by atoms with Gasteiger partial charge in [0.15, 0.2) is 0 Å². The number of benzene rings is 2. The van der Waals surface area contributed by atoms with E-state index in [1.807, 2.05) is 24.3 Å². The highest BCUT2D eigenvalue weighted by Gasteiger charge is 2.38. The van der Waals surface area contributed by atoms with Crippen molar-refractivity contribution in [3.05, 3.63) is 87.6 Å². The minimum atomic E-state index is -5.08. The second kappa shape index (κ2) is 15.2. The summed E-state index contributed by atoms with van der Waals surface area (Å²) in [4.78, 5) is 39.2. The fourth-order valence-electron chi connectivity index (χ4n) is 3.99. The monoisotopic (exact) mass is 620 g/mol. The van der Waals surface area contributed by atoms with Crippen molar-refractivity contribution in [1.82, 2.24) is 14.9 Å². The number of carboxylic acid groups (broad SMARTS) is 2. The van der Waals surface area contributed by atoms with Crippen molar-refractivity contribution in [2.24, 2.45) is 5.73 Å². The van der Waals surface area contributed by atoms with E-state index in [4.69, 9.17) is 25.5 Å². The number of piperidine rings is 1. The number of nitrogens with two attached hydrogens (primary N) is 1. The summed E-state index contributed by atoms with van der Waals surface area (Å²) in [5, 5.41) is 14.2. The Kier molecular flexibility index (Phi) is 12.4. The molecule has 43 heavy (non-hydrogen) atoms. The van der Waals surface area contributed by atoms with Crippen LogP contribution >= 0.6 is 0 Å². The summed E-state index contributed by atoms with van der Waals surface area (Å²) in [6.45, 7) is 2.08. The van der Waals surface area contributed by atoms with E-state index < -0.39 is 24.3 Å². The van der Waals surface area contributed by atoms with Gasteiger partial charge in [0.05, 0.1) is 5.69 Å². The fraction of sp³-hybridized carbons (Fsp3) is 0.333. The maximum atomic E-state index is 13.3. The highest BCUT2D eigenvalue weighted by Crippen LogP contribution is 2.32. The fourth-order valence-corrected chi connectivity index (χ4v) is 3.99. The molecule has 234 valence electrons. The lowest BCUT2D eigenvalue weighted by molar-refractivity contribution is -0.193. The highest BCUT2D eigenvalue weighted by atomic mass is 19.4. The Hall–Kier alpha value is -4.31. The second-order valence-corrected chi connectivity index (χ2v) is 9.13. The number of nitrogens with one attached hydrogen (secondary N) is 1. The summed E-state index contributed by atoms with van der Waals surface area (Å²) in [6.07, 6.45) is -6.72. The van der Waals surface area contributed by atoms with E-state index in [1.165, 1.54) is 30.0 Å². The normalized spacial score (nSPS) is 15.4. The molecule has 1 fully saturated rings. The number of rotatable bonds is 5. The first-order valence-electron chi connectivity index (χ1n) is 12.5. The standard InChI is InChI=1S/C23H25FN4O.2C2HF3O2/c24-19-10-8-17(9-11-19)21-3-1-2-12-28(21)15-16-4-6-18(7-5-16)23-26-20(14-25)13-22(29)27-23;2*3-2(4,5)1(6)7/h4-11,13,21H,1-3,12,14-15,25H2,(H,26,27,29);2*(H,6,7). The first-order valence-corrected chi connectivity index (χ1v) is 12.5. The van der Waals surface area contributed by atoms with Crippen molar-refractivity contribution in [1.29, 1.82) is 0 Å². The average Bonchev–Trinajstić information content (AvgIpc) is 2.93.